The summed E-state index contributed by atoms with van der Waals surface area (Å²) in [5, 5.41) is 3.30. The van der Waals surface area contributed by atoms with Gasteiger partial charge in [0.1, 0.15) is 0 Å². The second-order valence-corrected chi connectivity index (χ2v) is 4.71. The van der Waals surface area contributed by atoms with Crippen LogP contribution < -0.4 is 5.32 Å². The maximum absolute atomic E-state index is 3.30. The van der Waals surface area contributed by atoms with Gasteiger partial charge in [0.2, 0.25) is 0 Å². The Labute approximate surface area is 77.2 Å². The highest BCUT2D eigenvalue weighted by molar-refractivity contribution is 5.17. The SMILES string of the molecule is CN/C(=C(\C)C(C)C)C(C)(C)C. The van der Waals surface area contributed by atoms with Gasteiger partial charge >= 0.3 is 0 Å². The lowest BCUT2D eigenvalue weighted by atomic mass is 9.86. The fraction of sp³-hybridized carbons (Fsp3) is 0.818. The summed E-state index contributed by atoms with van der Waals surface area (Å²) in [5.74, 6) is 0.631. The number of nitrogens with one attached hydrogen (secondary N) is 1. The van der Waals surface area contributed by atoms with Crippen LogP contribution in [0.15, 0.2) is 11.3 Å². The maximum Gasteiger partial charge on any atom is 0.0150 e. The Morgan fingerprint density at radius 3 is 1.67 bits per heavy atom. The van der Waals surface area contributed by atoms with Gasteiger partial charge in [-0.05, 0) is 12.8 Å². The van der Waals surface area contributed by atoms with Gasteiger partial charge in [0.15, 0.2) is 0 Å². The van der Waals surface area contributed by atoms with Crippen molar-refractivity contribution in [3.63, 3.8) is 0 Å². The molecule has 0 spiro atoms. The fourth-order valence-corrected chi connectivity index (χ4v) is 1.45. The molecule has 0 radical (unpaired) electrons. The van der Waals surface area contributed by atoms with Gasteiger partial charge in [-0.15, -0.1) is 0 Å². The Morgan fingerprint density at radius 2 is 1.58 bits per heavy atom. The summed E-state index contributed by atoms with van der Waals surface area (Å²) < 4.78 is 0. The Morgan fingerprint density at radius 1 is 1.17 bits per heavy atom. The maximum atomic E-state index is 3.30. The molecule has 0 aromatic heterocycles. The van der Waals surface area contributed by atoms with Gasteiger partial charge in [-0.2, -0.15) is 0 Å². The number of hydrogen-bond acceptors (Lipinski definition) is 1. The summed E-state index contributed by atoms with van der Waals surface area (Å²) in [4.78, 5) is 0. The van der Waals surface area contributed by atoms with E-state index in [0.717, 1.165) is 0 Å². The van der Waals surface area contributed by atoms with Crippen molar-refractivity contribution in [3.8, 4) is 0 Å². The van der Waals surface area contributed by atoms with Gasteiger partial charge in [-0.25, -0.2) is 0 Å². The van der Waals surface area contributed by atoms with E-state index in [-0.39, 0.29) is 5.41 Å². The van der Waals surface area contributed by atoms with Crippen LogP contribution in [0.2, 0.25) is 0 Å². The van der Waals surface area contributed by atoms with E-state index in [1.807, 2.05) is 7.05 Å². The molecule has 0 rings (SSSR count). The van der Waals surface area contributed by atoms with Crippen LogP contribution in [0.4, 0.5) is 0 Å². The minimum absolute atomic E-state index is 0.239. The van der Waals surface area contributed by atoms with E-state index in [0.29, 0.717) is 5.92 Å². The van der Waals surface area contributed by atoms with Crippen LogP contribution in [0.1, 0.15) is 41.5 Å². The first-order chi connectivity index (χ1) is 5.30. The monoisotopic (exact) mass is 169 g/mol. The van der Waals surface area contributed by atoms with Gasteiger partial charge in [0.25, 0.3) is 0 Å². The summed E-state index contributed by atoms with van der Waals surface area (Å²) in [7, 11) is 2.01. The summed E-state index contributed by atoms with van der Waals surface area (Å²) >= 11 is 0. The summed E-state index contributed by atoms with van der Waals surface area (Å²) in [5.41, 5.74) is 3.07. The third kappa shape index (κ3) is 2.88. The van der Waals surface area contributed by atoms with E-state index in [9.17, 15) is 0 Å². The zero-order valence-electron chi connectivity index (χ0n) is 9.58. The Bertz CT molecular complexity index is 170. The molecule has 0 amide bonds. The lowest BCUT2D eigenvalue weighted by Crippen LogP contribution is -2.23. The molecule has 1 N–H and O–H groups in total. The molecule has 0 atom stereocenters. The number of rotatable bonds is 2. The number of hydrogen-bond donors (Lipinski definition) is 1. The van der Waals surface area contributed by atoms with Crippen LogP contribution in [0, 0.1) is 11.3 Å². The smallest absolute Gasteiger partial charge is 0.0150 e. The predicted molar refractivity (Wildman–Crippen MR) is 56.1 cm³/mol. The zero-order valence-corrected chi connectivity index (χ0v) is 9.58. The molecule has 0 aromatic rings. The molecular weight excluding hydrogens is 146 g/mol. The van der Waals surface area contributed by atoms with E-state index in [1.165, 1.54) is 11.3 Å². The van der Waals surface area contributed by atoms with Crippen molar-refractivity contribution in [3.05, 3.63) is 11.3 Å². The molecule has 0 saturated carbocycles. The van der Waals surface area contributed by atoms with Gasteiger partial charge in [-0.3, -0.25) is 0 Å². The minimum Gasteiger partial charge on any atom is -0.391 e. The lowest BCUT2D eigenvalue weighted by molar-refractivity contribution is 0.458. The molecule has 0 aliphatic rings. The fourth-order valence-electron chi connectivity index (χ4n) is 1.45. The topological polar surface area (TPSA) is 12.0 Å². The Kier molecular flexibility index (Phi) is 3.82. The molecule has 0 unspecified atom stereocenters. The van der Waals surface area contributed by atoms with Crippen molar-refractivity contribution < 1.29 is 0 Å². The van der Waals surface area contributed by atoms with Crippen molar-refractivity contribution in [1.29, 1.82) is 0 Å². The standard InChI is InChI=1S/C11H23N/c1-8(2)9(3)10(12-7)11(4,5)6/h8,12H,1-7H3/b10-9+. The van der Waals surface area contributed by atoms with Gasteiger partial charge in [0.05, 0.1) is 0 Å². The third-order valence-electron chi connectivity index (χ3n) is 2.26. The van der Waals surface area contributed by atoms with E-state index in [2.05, 4.69) is 46.9 Å². The molecular formula is C11H23N. The van der Waals surface area contributed by atoms with E-state index in [4.69, 9.17) is 0 Å². The van der Waals surface area contributed by atoms with Crippen LogP contribution in [0.5, 0.6) is 0 Å². The average molecular weight is 169 g/mol. The van der Waals surface area contributed by atoms with E-state index < -0.39 is 0 Å². The molecule has 0 aliphatic heterocycles. The van der Waals surface area contributed by atoms with Crippen molar-refractivity contribution in [2.45, 2.75) is 41.5 Å². The average Bonchev–Trinajstić information content (AvgIpc) is 1.85. The van der Waals surface area contributed by atoms with Crippen molar-refractivity contribution in [1.82, 2.24) is 5.32 Å². The van der Waals surface area contributed by atoms with Gasteiger partial charge in [0, 0.05) is 18.2 Å². The highest BCUT2D eigenvalue weighted by Crippen LogP contribution is 2.28. The molecule has 1 nitrogen and oxygen atoms in total. The van der Waals surface area contributed by atoms with Crippen LogP contribution in [-0.2, 0) is 0 Å². The van der Waals surface area contributed by atoms with Crippen LogP contribution in [0.25, 0.3) is 0 Å². The predicted octanol–water partition coefficient (Wildman–Crippen LogP) is 3.18. The summed E-state index contributed by atoms with van der Waals surface area (Å²) in [6, 6.07) is 0. The largest absolute Gasteiger partial charge is 0.391 e. The molecule has 72 valence electrons. The van der Waals surface area contributed by atoms with Crippen LogP contribution in [-0.4, -0.2) is 7.05 Å². The van der Waals surface area contributed by atoms with Crippen molar-refractivity contribution in [2.24, 2.45) is 11.3 Å². The Hall–Kier alpha value is -0.460. The van der Waals surface area contributed by atoms with Gasteiger partial charge in [-0.1, -0.05) is 40.2 Å². The second-order valence-electron chi connectivity index (χ2n) is 4.71. The van der Waals surface area contributed by atoms with E-state index >= 15 is 0 Å². The molecule has 1 heteroatoms. The highest BCUT2D eigenvalue weighted by Gasteiger charge is 2.19. The lowest BCUT2D eigenvalue weighted by Gasteiger charge is -2.27. The number of allylic oxidation sites excluding steroid dienone is 2. The minimum atomic E-state index is 0.239. The second kappa shape index (κ2) is 3.97. The molecule has 12 heavy (non-hydrogen) atoms. The molecule has 0 bridgehead atoms. The van der Waals surface area contributed by atoms with Crippen molar-refractivity contribution >= 4 is 0 Å². The van der Waals surface area contributed by atoms with Crippen molar-refractivity contribution in [2.75, 3.05) is 7.05 Å². The van der Waals surface area contributed by atoms with Gasteiger partial charge < -0.3 is 5.32 Å². The first-order valence-corrected chi connectivity index (χ1v) is 4.69. The highest BCUT2D eigenvalue weighted by atomic mass is 14.9. The molecule has 0 heterocycles. The Balaban J connectivity index is 4.87. The first-order valence-electron chi connectivity index (χ1n) is 4.69. The first kappa shape index (κ1) is 11.5. The quantitative estimate of drug-likeness (QED) is 0.669. The molecule has 0 aromatic carbocycles. The van der Waals surface area contributed by atoms with Crippen LogP contribution >= 0.6 is 0 Å². The molecule has 0 fully saturated rings. The summed E-state index contributed by atoms with van der Waals surface area (Å²) in [6.07, 6.45) is 0. The zero-order chi connectivity index (χ0) is 9.94. The summed E-state index contributed by atoms with van der Waals surface area (Å²) in [6.45, 7) is 13.4. The normalized spacial score (nSPS) is 14.7. The molecule has 0 aliphatic carbocycles. The van der Waals surface area contributed by atoms with E-state index in [1.54, 1.807) is 0 Å². The third-order valence-corrected chi connectivity index (χ3v) is 2.26. The molecule has 0 saturated heterocycles. The van der Waals surface area contributed by atoms with Crippen LogP contribution in [0.3, 0.4) is 0 Å².